The van der Waals surface area contributed by atoms with E-state index in [1.165, 1.54) is 0 Å². The van der Waals surface area contributed by atoms with Crippen LogP contribution in [0.15, 0.2) is 48.9 Å². The number of benzene rings is 1. The maximum atomic E-state index is 12.8. The van der Waals surface area contributed by atoms with E-state index in [2.05, 4.69) is 15.4 Å². The minimum atomic E-state index is -0.819. The van der Waals surface area contributed by atoms with Crippen LogP contribution in [0, 0.1) is 0 Å². The van der Waals surface area contributed by atoms with Gasteiger partial charge in [0.25, 0.3) is 5.91 Å². The molecule has 0 aliphatic carbocycles. The van der Waals surface area contributed by atoms with E-state index in [9.17, 15) is 9.90 Å². The van der Waals surface area contributed by atoms with Crippen molar-refractivity contribution < 1.29 is 19.4 Å². The van der Waals surface area contributed by atoms with E-state index in [0.29, 0.717) is 41.5 Å². The van der Waals surface area contributed by atoms with Gasteiger partial charge in [0.15, 0.2) is 11.5 Å². The van der Waals surface area contributed by atoms with Crippen molar-refractivity contribution in [2.75, 3.05) is 19.8 Å². The summed E-state index contributed by atoms with van der Waals surface area (Å²) in [5.74, 6) is 1.02. The van der Waals surface area contributed by atoms with Crippen molar-refractivity contribution in [2.45, 2.75) is 12.5 Å². The predicted molar refractivity (Wildman–Crippen MR) is 106 cm³/mol. The average Bonchev–Trinajstić information content (AvgIpc) is 2.99. The molecule has 1 aromatic carbocycles. The maximum absolute atomic E-state index is 12.8. The van der Waals surface area contributed by atoms with Gasteiger partial charge in [0, 0.05) is 44.2 Å². The van der Waals surface area contributed by atoms with E-state index in [1.807, 2.05) is 18.2 Å². The largest absolute Gasteiger partial charge is 0.490 e. The van der Waals surface area contributed by atoms with Gasteiger partial charge in [0.05, 0.1) is 24.9 Å². The Morgan fingerprint density at radius 3 is 2.76 bits per heavy atom. The number of aromatic nitrogens is 3. The molecule has 0 spiro atoms. The summed E-state index contributed by atoms with van der Waals surface area (Å²) in [5, 5.41) is 17.5. The third-order valence-electron chi connectivity index (χ3n) is 4.64. The molecule has 2 aromatic heterocycles. The highest BCUT2D eigenvalue weighted by Crippen LogP contribution is 2.34. The molecule has 0 saturated carbocycles. The van der Waals surface area contributed by atoms with Gasteiger partial charge >= 0.3 is 0 Å². The van der Waals surface area contributed by atoms with E-state index >= 15 is 0 Å². The molecule has 0 radical (unpaired) electrons. The Hall–Kier alpha value is -3.39. The Morgan fingerprint density at radius 2 is 1.97 bits per heavy atom. The summed E-state index contributed by atoms with van der Waals surface area (Å²) in [4.78, 5) is 16.7. The molecule has 0 fully saturated rings. The lowest BCUT2D eigenvalue weighted by Gasteiger charge is -2.12. The summed E-state index contributed by atoms with van der Waals surface area (Å²) in [6.45, 7) is 1.28. The summed E-state index contributed by atoms with van der Waals surface area (Å²) in [6.07, 6.45) is 4.86. The van der Waals surface area contributed by atoms with Crippen LogP contribution in [0.1, 0.15) is 28.4 Å². The predicted octanol–water partition coefficient (Wildman–Crippen LogP) is 2.11. The molecule has 0 unspecified atom stereocenters. The molecule has 1 aliphatic heterocycles. The summed E-state index contributed by atoms with van der Waals surface area (Å²) in [7, 11) is 1.76. The molecule has 8 nitrogen and oxygen atoms in total. The maximum Gasteiger partial charge on any atom is 0.255 e. The van der Waals surface area contributed by atoms with Gasteiger partial charge in [-0.3, -0.25) is 14.5 Å². The number of pyridine rings is 1. The highest BCUT2D eigenvalue weighted by Gasteiger charge is 2.20. The smallest absolute Gasteiger partial charge is 0.255 e. The monoisotopic (exact) mass is 394 g/mol. The van der Waals surface area contributed by atoms with Gasteiger partial charge in [-0.05, 0) is 35.9 Å². The van der Waals surface area contributed by atoms with Crippen LogP contribution in [-0.2, 0) is 7.05 Å². The van der Waals surface area contributed by atoms with Gasteiger partial charge in [-0.1, -0.05) is 0 Å². The molecular weight excluding hydrogens is 372 g/mol. The molecule has 2 N–H and O–H groups in total. The number of hydrogen-bond donors (Lipinski definition) is 2. The highest BCUT2D eigenvalue weighted by atomic mass is 16.5. The fourth-order valence-electron chi connectivity index (χ4n) is 3.17. The zero-order valence-electron chi connectivity index (χ0n) is 16.0. The number of aliphatic hydroxyl groups excluding tert-OH is 1. The Kier molecular flexibility index (Phi) is 5.44. The van der Waals surface area contributed by atoms with E-state index < -0.39 is 6.10 Å². The summed E-state index contributed by atoms with van der Waals surface area (Å²) in [5.41, 5.74) is 2.41. The molecule has 0 bridgehead atoms. The second-order valence-electron chi connectivity index (χ2n) is 6.78. The summed E-state index contributed by atoms with van der Waals surface area (Å²) < 4.78 is 13.0. The lowest BCUT2D eigenvalue weighted by Crippen LogP contribution is -2.28. The molecule has 4 rings (SSSR count). The SMILES string of the molecule is Cn1cc(C(=O)NC[C@@H](O)c2ccncc2)c(-c2ccc3c(c2)OCCCO3)n1. The van der Waals surface area contributed by atoms with E-state index in [4.69, 9.17) is 9.47 Å². The second kappa shape index (κ2) is 8.32. The number of fused-ring (bicyclic) bond motifs is 1. The summed E-state index contributed by atoms with van der Waals surface area (Å²) in [6, 6.07) is 8.96. The van der Waals surface area contributed by atoms with Crippen LogP contribution in [0.5, 0.6) is 11.5 Å². The fourth-order valence-corrected chi connectivity index (χ4v) is 3.17. The van der Waals surface area contributed by atoms with Crippen LogP contribution < -0.4 is 14.8 Å². The Morgan fingerprint density at radius 1 is 1.21 bits per heavy atom. The number of nitrogens with zero attached hydrogens (tertiary/aromatic N) is 3. The minimum Gasteiger partial charge on any atom is -0.490 e. The Balaban J connectivity index is 1.54. The molecule has 150 valence electrons. The Labute approximate surface area is 168 Å². The first-order valence-electron chi connectivity index (χ1n) is 9.41. The summed E-state index contributed by atoms with van der Waals surface area (Å²) >= 11 is 0. The number of aliphatic hydroxyl groups is 1. The number of amides is 1. The number of aryl methyl sites for hydroxylation is 1. The van der Waals surface area contributed by atoms with Crippen LogP contribution in [0.4, 0.5) is 0 Å². The standard InChI is InChI=1S/C21H22N4O4/c1-25-13-16(21(27)23-12-17(26)14-5-7-22-8-6-14)20(24-25)15-3-4-18-19(11-15)29-10-2-9-28-18/h3-8,11,13,17,26H,2,9-10,12H2,1H3,(H,23,27)/t17-/m1/s1. The highest BCUT2D eigenvalue weighted by molar-refractivity contribution is 6.00. The van der Waals surface area contributed by atoms with Crippen LogP contribution >= 0.6 is 0 Å². The molecule has 1 aliphatic rings. The molecule has 3 heterocycles. The van der Waals surface area contributed by atoms with Crippen molar-refractivity contribution in [1.29, 1.82) is 0 Å². The number of hydrogen-bond acceptors (Lipinski definition) is 6. The van der Waals surface area contributed by atoms with Crippen molar-refractivity contribution >= 4 is 5.91 Å². The van der Waals surface area contributed by atoms with Gasteiger partial charge in [-0.15, -0.1) is 0 Å². The second-order valence-corrected chi connectivity index (χ2v) is 6.78. The molecule has 0 saturated heterocycles. The zero-order chi connectivity index (χ0) is 20.2. The number of carbonyl (C=O) groups excluding carboxylic acids is 1. The molecule has 29 heavy (non-hydrogen) atoms. The van der Waals surface area contributed by atoms with E-state index in [-0.39, 0.29) is 12.5 Å². The van der Waals surface area contributed by atoms with Gasteiger partial charge in [0.1, 0.15) is 5.69 Å². The van der Waals surface area contributed by atoms with Crippen LogP contribution in [0.2, 0.25) is 0 Å². The average molecular weight is 394 g/mol. The van der Waals surface area contributed by atoms with E-state index in [1.54, 1.807) is 42.5 Å². The van der Waals surface area contributed by atoms with Crippen LogP contribution in [-0.4, -0.2) is 45.5 Å². The Bertz CT molecular complexity index is 1000. The minimum absolute atomic E-state index is 0.0817. The first-order chi connectivity index (χ1) is 14.1. The van der Waals surface area contributed by atoms with Crippen molar-refractivity contribution in [3.63, 3.8) is 0 Å². The lowest BCUT2D eigenvalue weighted by molar-refractivity contribution is 0.0917. The number of ether oxygens (including phenoxy) is 2. The van der Waals surface area contributed by atoms with Crippen LogP contribution in [0.25, 0.3) is 11.3 Å². The van der Waals surface area contributed by atoms with Crippen LogP contribution in [0.3, 0.4) is 0 Å². The fraction of sp³-hybridized carbons (Fsp3) is 0.286. The van der Waals surface area contributed by atoms with Crippen molar-refractivity contribution in [3.05, 3.63) is 60.0 Å². The van der Waals surface area contributed by atoms with Crippen molar-refractivity contribution in [3.8, 4) is 22.8 Å². The quantitative estimate of drug-likeness (QED) is 0.688. The third-order valence-corrected chi connectivity index (χ3v) is 4.64. The van der Waals surface area contributed by atoms with Gasteiger partial charge < -0.3 is 19.9 Å². The van der Waals surface area contributed by atoms with Gasteiger partial charge in [-0.25, -0.2) is 0 Å². The number of nitrogens with one attached hydrogen (secondary N) is 1. The normalized spacial score (nSPS) is 14.1. The van der Waals surface area contributed by atoms with Crippen molar-refractivity contribution in [2.24, 2.45) is 7.05 Å². The number of rotatable bonds is 5. The van der Waals surface area contributed by atoms with E-state index in [0.717, 1.165) is 12.0 Å². The molecule has 1 amide bonds. The first kappa shape index (κ1) is 18.9. The molecule has 8 heteroatoms. The lowest BCUT2D eigenvalue weighted by atomic mass is 10.1. The topological polar surface area (TPSA) is 98.5 Å². The molecule has 3 aromatic rings. The van der Waals surface area contributed by atoms with Gasteiger partial charge in [0.2, 0.25) is 0 Å². The third kappa shape index (κ3) is 4.22. The molecular formula is C21H22N4O4. The zero-order valence-corrected chi connectivity index (χ0v) is 16.0. The van der Waals surface area contributed by atoms with Crippen molar-refractivity contribution in [1.82, 2.24) is 20.1 Å². The molecule has 1 atom stereocenters. The number of carbonyl (C=O) groups is 1. The van der Waals surface area contributed by atoms with Gasteiger partial charge in [-0.2, -0.15) is 5.10 Å². The first-order valence-corrected chi connectivity index (χ1v) is 9.41.